The molecule has 0 aliphatic heterocycles. The molecular formula is C14H23N. The van der Waals surface area contributed by atoms with E-state index in [0.29, 0.717) is 0 Å². The van der Waals surface area contributed by atoms with Gasteiger partial charge in [-0.25, -0.2) is 0 Å². The fraction of sp³-hybridized carbons (Fsp3) is 0.571. The molecule has 1 heteroatoms. The molecule has 0 atom stereocenters. The third-order valence-corrected chi connectivity index (χ3v) is 2.95. The molecule has 0 aliphatic rings. The van der Waals surface area contributed by atoms with Crippen molar-refractivity contribution in [2.24, 2.45) is 5.73 Å². The highest BCUT2D eigenvalue weighted by atomic mass is 14.5. The molecule has 0 heterocycles. The van der Waals surface area contributed by atoms with Crippen molar-refractivity contribution < 1.29 is 0 Å². The first kappa shape index (κ1) is 12.3. The molecule has 0 bridgehead atoms. The van der Waals surface area contributed by atoms with Crippen molar-refractivity contribution >= 4 is 0 Å². The Hall–Kier alpha value is -0.820. The summed E-state index contributed by atoms with van der Waals surface area (Å²) in [5.41, 5.74) is 9.98. The predicted octanol–water partition coefficient (Wildman–Crippen LogP) is 3.09. The molecule has 0 aromatic heterocycles. The first-order chi connectivity index (χ1) is 7.31. The van der Waals surface area contributed by atoms with E-state index in [0.717, 1.165) is 25.8 Å². The Morgan fingerprint density at radius 3 is 2.33 bits per heavy atom. The van der Waals surface area contributed by atoms with Gasteiger partial charge in [-0.05, 0) is 55.3 Å². The van der Waals surface area contributed by atoms with Crippen LogP contribution in [0, 0.1) is 0 Å². The molecular weight excluding hydrogens is 182 g/mol. The van der Waals surface area contributed by atoms with Crippen LogP contribution in [0.3, 0.4) is 0 Å². The summed E-state index contributed by atoms with van der Waals surface area (Å²) in [5.74, 6) is 0. The van der Waals surface area contributed by atoms with Crippen LogP contribution in [-0.2, 0) is 19.3 Å². The van der Waals surface area contributed by atoms with Crippen LogP contribution in [0.2, 0.25) is 0 Å². The average molecular weight is 205 g/mol. The maximum Gasteiger partial charge on any atom is -0.00772 e. The number of nitrogens with two attached hydrogens (primary N) is 1. The van der Waals surface area contributed by atoms with Crippen LogP contribution in [0.5, 0.6) is 0 Å². The van der Waals surface area contributed by atoms with E-state index in [1.165, 1.54) is 29.5 Å². The van der Waals surface area contributed by atoms with Crippen LogP contribution in [0.15, 0.2) is 18.2 Å². The number of benzene rings is 1. The molecule has 1 rings (SSSR count). The Labute approximate surface area is 93.7 Å². The van der Waals surface area contributed by atoms with Gasteiger partial charge < -0.3 is 5.73 Å². The van der Waals surface area contributed by atoms with Crippen molar-refractivity contribution in [3.63, 3.8) is 0 Å². The van der Waals surface area contributed by atoms with E-state index in [4.69, 9.17) is 5.73 Å². The van der Waals surface area contributed by atoms with Gasteiger partial charge in [0.05, 0.1) is 0 Å². The van der Waals surface area contributed by atoms with Crippen molar-refractivity contribution in [3.8, 4) is 0 Å². The maximum absolute atomic E-state index is 5.49. The highest BCUT2D eigenvalue weighted by Gasteiger charge is 2.00. The fourth-order valence-electron chi connectivity index (χ4n) is 1.98. The second-order valence-corrected chi connectivity index (χ2v) is 4.06. The van der Waals surface area contributed by atoms with Gasteiger partial charge in [-0.2, -0.15) is 0 Å². The Morgan fingerprint density at radius 1 is 1.00 bits per heavy atom. The third-order valence-electron chi connectivity index (χ3n) is 2.95. The molecule has 84 valence electrons. The average Bonchev–Trinajstić information content (AvgIpc) is 2.29. The van der Waals surface area contributed by atoms with Gasteiger partial charge >= 0.3 is 0 Å². The number of hydrogen-bond acceptors (Lipinski definition) is 1. The molecule has 2 N–H and O–H groups in total. The number of hydrogen-bond donors (Lipinski definition) is 1. The summed E-state index contributed by atoms with van der Waals surface area (Å²) in [6, 6.07) is 6.93. The normalized spacial score (nSPS) is 10.6. The third kappa shape index (κ3) is 3.67. The van der Waals surface area contributed by atoms with Crippen LogP contribution < -0.4 is 5.73 Å². The van der Waals surface area contributed by atoms with E-state index >= 15 is 0 Å². The number of rotatable bonds is 6. The van der Waals surface area contributed by atoms with Crippen molar-refractivity contribution in [2.45, 2.75) is 46.0 Å². The molecule has 0 aliphatic carbocycles. The molecule has 15 heavy (non-hydrogen) atoms. The lowest BCUT2D eigenvalue weighted by Gasteiger charge is -2.08. The maximum atomic E-state index is 5.49. The molecule has 0 spiro atoms. The van der Waals surface area contributed by atoms with Crippen LogP contribution in [0.4, 0.5) is 0 Å². The van der Waals surface area contributed by atoms with Gasteiger partial charge in [0.1, 0.15) is 0 Å². The van der Waals surface area contributed by atoms with Gasteiger partial charge in [-0.15, -0.1) is 0 Å². The summed E-state index contributed by atoms with van der Waals surface area (Å²) >= 11 is 0. The van der Waals surface area contributed by atoms with Gasteiger partial charge in [-0.1, -0.05) is 32.0 Å². The largest absolute Gasteiger partial charge is 0.330 e. The standard InChI is InChI=1S/C14H23N/c1-3-13-9-8-12(7-5-6-10-15)11-14(13)4-2/h8-9,11H,3-7,10,15H2,1-2H3. The summed E-state index contributed by atoms with van der Waals surface area (Å²) in [6.07, 6.45) is 5.82. The second-order valence-electron chi connectivity index (χ2n) is 4.06. The lowest BCUT2D eigenvalue weighted by atomic mass is 9.98. The second kappa shape index (κ2) is 6.62. The minimum atomic E-state index is 0.813. The van der Waals surface area contributed by atoms with Crippen molar-refractivity contribution in [3.05, 3.63) is 34.9 Å². The van der Waals surface area contributed by atoms with E-state index in [-0.39, 0.29) is 0 Å². The highest BCUT2D eigenvalue weighted by Crippen LogP contribution is 2.15. The van der Waals surface area contributed by atoms with E-state index in [2.05, 4.69) is 32.0 Å². The molecule has 1 aromatic rings. The topological polar surface area (TPSA) is 26.0 Å². The van der Waals surface area contributed by atoms with Gasteiger partial charge in [0.25, 0.3) is 0 Å². The molecule has 0 radical (unpaired) electrons. The van der Waals surface area contributed by atoms with Gasteiger partial charge in [0.2, 0.25) is 0 Å². The zero-order valence-electron chi connectivity index (χ0n) is 10.1. The molecule has 0 amide bonds. The van der Waals surface area contributed by atoms with Gasteiger partial charge in [0, 0.05) is 0 Å². The van der Waals surface area contributed by atoms with Crippen molar-refractivity contribution in [1.29, 1.82) is 0 Å². The quantitative estimate of drug-likeness (QED) is 0.710. The monoisotopic (exact) mass is 205 g/mol. The minimum Gasteiger partial charge on any atom is -0.330 e. The SMILES string of the molecule is CCc1ccc(CCCCN)cc1CC. The predicted molar refractivity (Wildman–Crippen MR) is 67.2 cm³/mol. The van der Waals surface area contributed by atoms with E-state index in [9.17, 15) is 0 Å². The first-order valence-electron chi connectivity index (χ1n) is 6.12. The summed E-state index contributed by atoms with van der Waals surface area (Å²) in [5, 5.41) is 0. The number of aryl methyl sites for hydroxylation is 3. The van der Waals surface area contributed by atoms with Crippen LogP contribution >= 0.6 is 0 Å². The minimum absolute atomic E-state index is 0.813. The van der Waals surface area contributed by atoms with Gasteiger partial charge in [-0.3, -0.25) is 0 Å². The smallest absolute Gasteiger partial charge is 0.00772 e. The van der Waals surface area contributed by atoms with Crippen molar-refractivity contribution in [2.75, 3.05) is 6.54 Å². The van der Waals surface area contributed by atoms with E-state index in [1.807, 2.05) is 0 Å². The van der Waals surface area contributed by atoms with Crippen molar-refractivity contribution in [1.82, 2.24) is 0 Å². The van der Waals surface area contributed by atoms with E-state index < -0.39 is 0 Å². The lowest BCUT2D eigenvalue weighted by molar-refractivity contribution is 0.743. The number of unbranched alkanes of at least 4 members (excludes halogenated alkanes) is 1. The molecule has 0 saturated heterocycles. The summed E-state index contributed by atoms with van der Waals surface area (Å²) in [4.78, 5) is 0. The molecule has 0 unspecified atom stereocenters. The van der Waals surface area contributed by atoms with Gasteiger partial charge in [0.15, 0.2) is 0 Å². The van der Waals surface area contributed by atoms with Crippen LogP contribution in [-0.4, -0.2) is 6.54 Å². The summed E-state index contributed by atoms with van der Waals surface area (Å²) in [7, 11) is 0. The molecule has 0 saturated carbocycles. The Morgan fingerprint density at radius 2 is 1.73 bits per heavy atom. The summed E-state index contributed by atoms with van der Waals surface area (Å²) < 4.78 is 0. The molecule has 1 aromatic carbocycles. The highest BCUT2D eigenvalue weighted by molar-refractivity contribution is 5.32. The van der Waals surface area contributed by atoms with Crippen LogP contribution in [0.25, 0.3) is 0 Å². The molecule has 0 fully saturated rings. The molecule has 1 nitrogen and oxygen atoms in total. The Kier molecular flexibility index (Phi) is 5.41. The zero-order valence-corrected chi connectivity index (χ0v) is 10.1. The van der Waals surface area contributed by atoms with Crippen LogP contribution in [0.1, 0.15) is 43.4 Å². The Bertz CT molecular complexity index is 291. The lowest BCUT2D eigenvalue weighted by Crippen LogP contribution is -1.99. The first-order valence-corrected chi connectivity index (χ1v) is 6.12. The Balaban J connectivity index is 2.66. The zero-order chi connectivity index (χ0) is 11.1. The fourth-order valence-corrected chi connectivity index (χ4v) is 1.98. The van der Waals surface area contributed by atoms with E-state index in [1.54, 1.807) is 0 Å². The summed E-state index contributed by atoms with van der Waals surface area (Å²) in [6.45, 7) is 5.27.